The monoisotopic (exact) mass is 719 g/mol. The van der Waals surface area contributed by atoms with Crippen molar-refractivity contribution in [3.8, 4) is 5.75 Å². The second-order valence-corrected chi connectivity index (χ2v) is 15.5. The summed E-state index contributed by atoms with van der Waals surface area (Å²) < 4.78 is 14.2. The molecule has 3 aliphatic rings. The number of carbonyl (C=O) groups is 1. The molecule has 0 unspecified atom stereocenters. The van der Waals surface area contributed by atoms with E-state index in [1.807, 2.05) is 67.8 Å². The minimum Gasteiger partial charge on any atom is -0.484 e. The average molecular weight is 720 g/mol. The number of nitrogens with one attached hydrogen (secondary N) is 4. The van der Waals surface area contributed by atoms with E-state index in [-0.39, 0.29) is 18.2 Å². The predicted molar refractivity (Wildman–Crippen MR) is 209 cm³/mol. The highest BCUT2D eigenvalue weighted by Crippen LogP contribution is 2.39. The normalized spacial score (nSPS) is 21.2. The summed E-state index contributed by atoms with van der Waals surface area (Å²) in [6.07, 6.45) is 8.50. The van der Waals surface area contributed by atoms with Gasteiger partial charge in [0.25, 0.3) is 0 Å². The smallest absolute Gasteiger partial charge is 0.320 e. The number of pyridine rings is 1. The van der Waals surface area contributed by atoms with Crippen LogP contribution in [0.5, 0.6) is 5.75 Å². The minimum atomic E-state index is -0.396. The second-order valence-electron chi connectivity index (χ2n) is 15.5. The molecule has 2 amide bonds. The number of carbonyl (C=O) groups excluding carboxylic acids is 1. The van der Waals surface area contributed by atoms with Gasteiger partial charge in [-0.25, -0.2) is 4.79 Å². The van der Waals surface area contributed by atoms with Gasteiger partial charge < -0.3 is 30.4 Å². The third-order valence-corrected chi connectivity index (χ3v) is 10.5. The van der Waals surface area contributed by atoms with Gasteiger partial charge in [0.05, 0.1) is 25.5 Å². The van der Waals surface area contributed by atoms with Crippen molar-refractivity contribution in [3.05, 3.63) is 95.4 Å². The molecule has 12 nitrogen and oxygen atoms in total. The number of hydrogen-bond donors (Lipinski definition) is 4. The van der Waals surface area contributed by atoms with Gasteiger partial charge in [-0.05, 0) is 80.0 Å². The molecule has 2 fully saturated rings. The number of aromatic nitrogens is 3. The first-order valence-corrected chi connectivity index (χ1v) is 19.0. The zero-order chi connectivity index (χ0) is 37.0. The van der Waals surface area contributed by atoms with E-state index in [1.54, 1.807) is 6.08 Å². The fourth-order valence-electron chi connectivity index (χ4n) is 7.41. The highest BCUT2D eigenvalue weighted by molar-refractivity contribution is 5.97. The Morgan fingerprint density at radius 1 is 0.981 bits per heavy atom. The maximum Gasteiger partial charge on any atom is 0.320 e. The Balaban J connectivity index is 1.04. The highest BCUT2D eigenvalue weighted by atomic mass is 16.5. The molecule has 53 heavy (non-hydrogen) atoms. The number of piperidine rings is 1. The van der Waals surface area contributed by atoms with Gasteiger partial charge in [-0.3, -0.25) is 14.6 Å². The lowest BCUT2D eigenvalue weighted by molar-refractivity contribution is 0.0342. The van der Waals surface area contributed by atoms with Crippen LogP contribution in [-0.2, 0) is 11.3 Å². The quantitative estimate of drug-likeness (QED) is 0.127. The maximum absolute atomic E-state index is 13.7. The van der Waals surface area contributed by atoms with E-state index < -0.39 is 5.41 Å². The standard InChI is InChI=1S/C41H53N9O3/c1-28-10-7-8-19-49(28)40-47-46-38-18-15-31(27-50(38)40)53-35-17-16-34(32-13-5-6-14-33(32)35)44-39(51)45-37(25-36(42)41(2,3)4)43-30-12-9-11-29(24-30)26-48-20-22-52-23-21-48/h5-6,9,11-15,18,24-25,27-28,34-35,42-43H,7-8,10,16-17,19-23,26H2,1-4H3,(H2,44,45,51)/b37-25+,42-36?/t28-,34-,35+/m0/s1. The number of fused-ring (bicyclic) bond motifs is 2. The zero-order valence-electron chi connectivity index (χ0n) is 31.4. The Morgan fingerprint density at radius 3 is 2.58 bits per heavy atom. The van der Waals surface area contributed by atoms with Crippen molar-refractivity contribution in [2.24, 2.45) is 5.41 Å². The first kappa shape index (κ1) is 36.4. The van der Waals surface area contributed by atoms with Crippen LogP contribution in [0.1, 0.15) is 88.6 Å². The number of urea groups is 1. The van der Waals surface area contributed by atoms with E-state index in [2.05, 4.69) is 67.1 Å². The summed E-state index contributed by atoms with van der Waals surface area (Å²) in [5.41, 5.74) is 4.89. The molecule has 4 N–H and O–H groups in total. The average Bonchev–Trinajstić information content (AvgIpc) is 3.56. The Bertz CT molecular complexity index is 1940. The van der Waals surface area contributed by atoms with Gasteiger partial charge in [0.15, 0.2) is 5.65 Å². The van der Waals surface area contributed by atoms with Crippen molar-refractivity contribution >= 4 is 29.0 Å². The summed E-state index contributed by atoms with van der Waals surface area (Å²) in [5.74, 6) is 2.06. The van der Waals surface area contributed by atoms with Crippen molar-refractivity contribution < 1.29 is 14.3 Å². The van der Waals surface area contributed by atoms with Crippen LogP contribution in [0, 0.1) is 10.8 Å². The number of ether oxygens (including phenoxy) is 2. The number of nitrogens with zero attached hydrogens (tertiary/aromatic N) is 5. The molecule has 2 saturated heterocycles. The Hall–Kier alpha value is -4.94. The molecule has 2 aliphatic heterocycles. The van der Waals surface area contributed by atoms with E-state index in [9.17, 15) is 4.79 Å². The summed E-state index contributed by atoms with van der Waals surface area (Å²) in [5, 5.41) is 27.3. The van der Waals surface area contributed by atoms with Gasteiger partial charge >= 0.3 is 6.03 Å². The van der Waals surface area contributed by atoms with Gasteiger partial charge in [0.2, 0.25) is 5.95 Å². The van der Waals surface area contributed by atoms with E-state index in [1.165, 1.54) is 12.0 Å². The molecule has 4 aromatic rings. The van der Waals surface area contributed by atoms with Gasteiger partial charge in [-0.1, -0.05) is 57.2 Å². The van der Waals surface area contributed by atoms with Crippen LogP contribution in [0.25, 0.3) is 5.65 Å². The molecule has 2 aromatic carbocycles. The van der Waals surface area contributed by atoms with Crippen LogP contribution in [0.3, 0.4) is 0 Å². The van der Waals surface area contributed by atoms with E-state index in [0.717, 1.165) is 92.8 Å². The fraction of sp³-hybridized carbons (Fsp3) is 0.463. The Kier molecular flexibility index (Phi) is 11.0. The van der Waals surface area contributed by atoms with Crippen LogP contribution in [-0.4, -0.2) is 70.1 Å². The molecule has 280 valence electrons. The number of rotatable bonds is 10. The van der Waals surface area contributed by atoms with Gasteiger partial charge in [0, 0.05) is 55.1 Å². The molecular weight excluding hydrogens is 667 g/mol. The summed E-state index contributed by atoms with van der Waals surface area (Å²) in [6.45, 7) is 13.3. The Labute approximate surface area is 312 Å². The lowest BCUT2D eigenvalue weighted by Crippen LogP contribution is -2.41. The van der Waals surface area contributed by atoms with Crippen molar-refractivity contribution in [2.75, 3.05) is 43.1 Å². The first-order chi connectivity index (χ1) is 25.6. The van der Waals surface area contributed by atoms with Crippen molar-refractivity contribution in [2.45, 2.75) is 84.5 Å². The summed E-state index contributed by atoms with van der Waals surface area (Å²) in [4.78, 5) is 18.4. The molecule has 2 aromatic heterocycles. The topological polar surface area (TPSA) is 132 Å². The molecule has 7 rings (SSSR count). The Morgan fingerprint density at radius 2 is 1.79 bits per heavy atom. The summed E-state index contributed by atoms with van der Waals surface area (Å²) >= 11 is 0. The summed E-state index contributed by atoms with van der Waals surface area (Å²) in [7, 11) is 0. The molecule has 0 saturated carbocycles. The van der Waals surface area contributed by atoms with Crippen molar-refractivity contribution in [1.29, 1.82) is 5.41 Å². The fourth-order valence-corrected chi connectivity index (χ4v) is 7.41. The van der Waals surface area contributed by atoms with Gasteiger partial charge in [0.1, 0.15) is 17.7 Å². The number of morpholine rings is 1. The van der Waals surface area contributed by atoms with Crippen LogP contribution >= 0.6 is 0 Å². The number of benzene rings is 2. The first-order valence-electron chi connectivity index (χ1n) is 19.0. The van der Waals surface area contributed by atoms with Crippen molar-refractivity contribution in [3.63, 3.8) is 0 Å². The second kappa shape index (κ2) is 16.0. The minimum absolute atomic E-state index is 0.173. The SMILES string of the molecule is C[C@H]1CCCCN1c1nnc2ccc(O[C@@H]3CC[C@H](NC(=O)N/C(=C/C(=N)C(C)(C)C)Nc4cccc(CN5CCOCC5)c4)c4ccccc43)cn12. The number of hydrogen-bond acceptors (Lipinski definition) is 9. The van der Waals surface area contributed by atoms with Crippen LogP contribution in [0.4, 0.5) is 16.4 Å². The molecule has 4 heterocycles. The predicted octanol–water partition coefficient (Wildman–Crippen LogP) is 7.21. The molecule has 0 radical (unpaired) electrons. The number of anilines is 2. The highest BCUT2D eigenvalue weighted by Gasteiger charge is 2.30. The number of amides is 2. The molecular formula is C41H53N9O3. The van der Waals surface area contributed by atoms with Gasteiger partial charge in [-0.15, -0.1) is 10.2 Å². The maximum atomic E-state index is 13.7. The molecule has 3 atom stereocenters. The largest absolute Gasteiger partial charge is 0.484 e. The molecule has 0 bridgehead atoms. The zero-order valence-corrected chi connectivity index (χ0v) is 31.4. The summed E-state index contributed by atoms with van der Waals surface area (Å²) in [6, 6.07) is 20.2. The molecule has 1 aliphatic carbocycles. The van der Waals surface area contributed by atoms with Crippen molar-refractivity contribution in [1.82, 2.24) is 30.1 Å². The van der Waals surface area contributed by atoms with E-state index >= 15 is 0 Å². The van der Waals surface area contributed by atoms with E-state index in [4.69, 9.17) is 14.9 Å². The van der Waals surface area contributed by atoms with Crippen LogP contribution in [0.15, 0.2) is 78.8 Å². The third-order valence-electron chi connectivity index (χ3n) is 10.5. The lowest BCUT2D eigenvalue weighted by atomic mass is 9.85. The van der Waals surface area contributed by atoms with Crippen LogP contribution < -0.4 is 25.6 Å². The molecule has 12 heteroatoms. The lowest BCUT2D eigenvalue weighted by Gasteiger charge is -2.33. The van der Waals surface area contributed by atoms with Gasteiger partial charge in [-0.2, -0.15) is 0 Å². The third kappa shape index (κ3) is 8.82. The molecule has 0 spiro atoms. The van der Waals surface area contributed by atoms with Crippen LogP contribution in [0.2, 0.25) is 0 Å². The van der Waals surface area contributed by atoms with E-state index in [0.29, 0.717) is 24.0 Å². The number of allylic oxidation sites excluding steroid dienone is 1.